The summed E-state index contributed by atoms with van der Waals surface area (Å²) in [6.45, 7) is -0.394. The van der Waals surface area contributed by atoms with Crippen LogP contribution in [0.3, 0.4) is 0 Å². The number of likely N-dealkylation sites (N-methyl/N-ethyl adjacent to an activating group) is 1. The lowest BCUT2D eigenvalue weighted by Crippen LogP contribution is -2.39. The monoisotopic (exact) mass is 374 g/mol. The third-order valence-electron chi connectivity index (χ3n) is 3.70. The van der Waals surface area contributed by atoms with Crippen molar-refractivity contribution in [1.29, 1.82) is 0 Å². The van der Waals surface area contributed by atoms with Crippen molar-refractivity contribution >= 4 is 35.2 Å². The van der Waals surface area contributed by atoms with Gasteiger partial charge < -0.3 is 9.47 Å². The number of carbonyl (C=O) groups is 3. The first-order valence-corrected chi connectivity index (χ1v) is 8.09. The molecule has 2 aromatic rings. The van der Waals surface area contributed by atoms with Crippen molar-refractivity contribution in [2.45, 2.75) is 6.23 Å². The number of nitrogens with zero attached hydrogens (tertiary/aromatic N) is 2. The fraction of sp³-hybridized carbons (Fsp3) is 0.167. The van der Waals surface area contributed by atoms with Crippen LogP contribution in [0, 0.1) is 0 Å². The Bertz CT molecular complexity index is 842. The Balaban J connectivity index is 1.74. The van der Waals surface area contributed by atoms with E-state index in [1.807, 2.05) is 6.07 Å². The minimum atomic E-state index is -1.40. The molecule has 1 saturated heterocycles. The highest BCUT2D eigenvalue weighted by molar-refractivity contribution is 6.31. The number of anilines is 1. The number of hydrogen-bond acceptors (Lipinski definition) is 5. The minimum absolute atomic E-state index is 0.349. The number of imide groups is 1. The quantitative estimate of drug-likeness (QED) is 0.594. The van der Waals surface area contributed by atoms with E-state index in [-0.39, 0.29) is 0 Å². The van der Waals surface area contributed by atoms with Crippen molar-refractivity contribution in [2.75, 3.05) is 18.6 Å². The summed E-state index contributed by atoms with van der Waals surface area (Å²) in [5.41, 5.74) is 0.349. The van der Waals surface area contributed by atoms with Crippen molar-refractivity contribution < 1.29 is 23.9 Å². The second-order valence-electron chi connectivity index (χ2n) is 5.47. The number of amides is 3. The first-order valence-electron chi connectivity index (χ1n) is 7.71. The Kier molecular flexibility index (Phi) is 5.09. The molecule has 0 spiro atoms. The zero-order valence-electron chi connectivity index (χ0n) is 13.8. The Morgan fingerprint density at radius 3 is 2.54 bits per heavy atom. The maximum Gasteiger partial charge on any atom is 0.346 e. The van der Waals surface area contributed by atoms with E-state index in [4.69, 9.17) is 21.1 Å². The standard InChI is InChI=1S/C18H15ClN2O5/c1-20-16(23)17(21(18(20)24)13-7-5-6-12(19)10-13)26-15(22)11-25-14-8-3-2-4-9-14/h2-10,17H,11H2,1H3. The molecular weight excluding hydrogens is 360 g/mol. The largest absolute Gasteiger partial charge is 0.482 e. The van der Waals surface area contributed by atoms with Gasteiger partial charge in [-0.3, -0.25) is 9.69 Å². The first kappa shape index (κ1) is 17.8. The summed E-state index contributed by atoms with van der Waals surface area (Å²) in [7, 11) is 1.32. The number of halogens is 1. The van der Waals surface area contributed by atoms with Gasteiger partial charge in [0.05, 0.1) is 5.69 Å². The van der Waals surface area contributed by atoms with E-state index in [1.54, 1.807) is 42.5 Å². The molecule has 0 radical (unpaired) electrons. The lowest BCUT2D eigenvalue weighted by Gasteiger charge is -2.21. The second kappa shape index (κ2) is 7.45. The van der Waals surface area contributed by atoms with E-state index in [9.17, 15) is 14.4 Å². The summed E-state index contributed by atoms with van der Waals surface area (Å²) in [6, 6.07) is 14.5. The molecule has 7 nitrogen and oxygen atoms in total. The minimum Gasteiger partial charge on any atom is -0.482 e. The maximum absolute atomic E-state index is 12.4. The Hall–Kier alpha value is -3.06. The number of esters is 1. The van der Waals surface area contributed by atoms with E-state index < -0.39 is 30.7 Å². The summed E-state index contributed by atoms with van der Waals surface area (Å²) in [5, 5.41) is 0.384. The van der Waals surface area contributed by atoms with Crippen LogP contribution >= 0.6 is 11.6 Å². The lowest BCUT2D eigenvalue weighted by molar-refractivity contribution is -0.157. The number of carbonyl (C=O) groups excluding carboxylic acids is 3. The molecule has 134 valence electrons. The molecule has 8 heteroatoms. The maximum atomic E-state index is 12.4. The van der Waals surface area contributed by atoms with Gasteiger partial charge in [-0.1, -0.05) is 35.9 Å². The SMILES string of the molecule is CN1C(=O)C(OC(=O)COc2ccccc2)N(c2cccc(Cl)c2)C1=O. The molecule has 0 saturated carbocycles. The van der Waals surface area contributed by atoms with Gasteiger partial charge in [0, 0.05) is 12.1 Å². The molecule has 1 aliphatic heterocycles. The first-order chi connectivity index (χ1) is 12.5. The van der Waals surface area contributed by atoms with Crippen LogP contribution in [0.25, 0.3) is 0 Å². The van der Waals surface area contributed by atoms with Crippen LogP contribution in [-0.4, -0.2) is 42.7 Å². The van der Waals surface area contributed by atoms with Gasteiger partial charge in [0.15, 0.2) is 6.61 Å². The predicted octanol–water partition coefficient (Wildman–Crippen LogP) is 2.69. The summed E-state index contributed by atoms with van der Waals surface area (Å²) in [4.78, 5) is 38.7. The molecule has 1 aliphatic rings. The van der Waals surface area contributed by atoms with E-state index >= 15 is 0 Å². The summed E-state index contributed by atoms with van der Waals surface area (Å²) >= 11 is 5.95. The van der Waals surface area contributed by atoms with E-state index in [2.05, 4.69) is 0 Å². The molecule has 1 heterocycles. The van der Waals surface area contributed by atoms with Crippen LogP contribution in [0.1, 0.15) is 0 Å². The van der Waals surface area contributed by atoms with Crippen molar-refractivity contribution in [1.82, 2.24) is 4.90 Å². The van der Waals surface area contributed by atoms with E-state index in [1.165, 1.54) is 13.1 Å². The van der Waals surface area contributed by atoms with E-state index in [0.717, 1.165) is 9.80 Å². The zero-order chi connectivity index (χ0) is 18.7. The highest BCUT2D eigenvalue weighted by Gasteiger charge is 2.46. The highest BCUT2D eigenvalue weighted by atomic mass is 35.5. The van der Waals surface area contributed by atoms with Crippen LogP contribution in [-0.2, 0) is 14.3 Å². The molecule has 0 aromatic heterocycles. The van der Waals surface area contributed by atoms with Gasteiger partial charge in [0.25, 0.3) is 12.1 Å². The summed E-state index contributed by atoms with van der Waals surface area (Å²) in [5.74, 6) is -0.938. The number of hydrogen-bond donors (Lipinski definition) is 0. The highest BCUT2D eigenvalue weighted by Crippen LogP contribution is 2.28. The van der Waals surface area contributed by atoms with Crippen LogP contribution < -0.4 is 9.64 Å². The Morgan fingerprint density at radius 1 is 1.12 bits per heavy atom. The van der Waals surface area contributed by atoms with Crippen molar-refractivity contribution in [3.05, 3.63) is 59.6 Å². The smallest absolute Gasteiger partial charge is 0.346 e. The van der Waals surface area contributed by atoms with Crippen molar-refractivity contribution in [2.24, 2.45) is 0 Å². The molecule has 3 rings (SSSR count). The van der Waals surface area contributed by atoms with Crippen LogP contribution in [0.5, 0.6) is 5.75 Å². The molecule has 2 aromatic carbocycles. The number of para-hydroxylation sites is 1. The van der Waals surface area contributed by atoms with Crippen LogP contribution in [0.2, 0.25) is 5.02 Å². The predicted molar refractivity (Wildman–Crippen MR) is 93.9 cm³/mol. The zero-order valence-corrected chi connectivity index (χ0v) is 14.6. The summed E-state index contributed by atoms with van der Waals surface area (Å²) in [6.07, 6.45) is -1.40. The molecule has 1 fully saturated rings. The van der Waals surface area contributed by atoms with Gasteiger partial charge in [0.1, 0.15) is 5.75 Å². The fourth-order valence-corrected chi connectivity index (χ4v) is 2.61. The molecule has 0 N–H and O–H groups in total. The summed E-state index contributed by atoms with van der Waals surface area (Å²) < 4.78 is 10.5. The average molecular weight is 375 g/mol. The van der Waals surface area contributed by atoms with Gasteiger partial charge >= 0.3 is 12.0 Å². The number of ether oxygens (including phenoxy) is 2. The van der Waals surface area contributed by atoms with E-state index in [0.29, 0.717) is 16.5 Å². The van der Waals surface area contributed by atoms with Gasteiger partial charge in [-0.2, -0.15) is 0 Å². The number of benzene rings is 2. The van der Waals surface area contributed by atoms with Crippen molar-refractivity contribution in [3.8, 4) is 5.75 Å². The third kappa shape index (κ3) is 3.62. The molecule has 1 unspecified atom stereocenters. The molecule has 26 heavy (non-hydrogen) atoms. The van der Waals surface area contributed by atoms with Gasteiger partial charge in [-0.05, 0) is 30.3 Å². The average Bonchev–Trinajstić information content (AvgIpc) is 2.85. The molecule has 0 aliphatic carbocycles. The lowest BCUT2D eigenvalue weighted by atomic mass is 10.3. The molecule has 1 atom stereocenters. The van der Waals surface area contributed by atoms with Crippen LogP contribution in [0.4, 0.5) is 10.5 Å². The van der Waals surface area contributed by atoms with Crippen molar-refractivity contribution in [3.63, 3.8) is 0 Å². The molecule has 3 amide bonds. The van der Waals surface area contributed by atoms with Gasteiger partial charge in [-0.15, -0.1) is 0 Å². The number of urea groups is 1. The normalized spacial score (nSPS) is 16.8. The Labute approximate surface area is 154 Å². The Morgan fingerprint density at radius 2 is 1.85 bits per heavy atom. The van der Waals surface area contributed by atoms with Gasteiger partial charge in [-0.25, -0.2) is 14.5 Å². The molecular formula is C18H15ClN2O5. The third-order valence-corrected chi connectivity index (χ3v) is 3.93. The molecule has 0 bridgehead atoms. The second-order valence-corrected chi connectivity index (χ2v) is 5.91. The van der Waals surface area contributed by atoms with Gasteiger partial charge in [0.2, 0.25) is 0 Å². The number of rotatable bonds is 5. The fourth-order valence-electron chi connectivity index (χ4n) is 2.42. The topological polar surface area (TPSA) is 76.2 Å². The van der Waals surface area contributed by atoms with Crippen LogP contribution in [0.15, 0.2) is 54.6 Å².